The molecule has 6 nitrogen and oxygen atoms in total. The fraction of sp³-hybridized carbons (Fsp3) is 0.348. The maximum Gasteiger partial charge on any atom is 0.325 e. The Morgan fingerprint density at radius 1 is 1.19 bits per heavy atom. The summed E-state index contributed by atoms with van der Waals surface area (Å²) in [6.07, 6.45) is 0. The van der Waals surface area contributed by atoms with Crippen LogP contribution < -0.4 is 10.2 Å². The van der Waals surface area contributed by atoms with Crippen LogP contribution in [0.15, 0.2) is 46.9 Å². The highest BCUT2D eigenvalue weighted by Crippen LogP contribution is 2.53. The van der Waals surface area contributed by atoms with Gasteiger partial charge in [-0.1, -0.05) is 65.6 Å². The first-order chi connectivity index (χ1) is 14.6. The normalized spacial score (nSPS) is 27.8. The first-order valence-electron chi connectivity index (χ1n) is 10.0. The number of benzene rings is 2. The van der Waals surface area contributed by atoms with Gasteiger partial charge >= 0.3 is 5.97 Å². The molecule has 8 heteroatoms. The summed E-state index contributed by atoms with van der Waals surface area (Å²) < 4.78 is 0.744. The SMILES string of the molecule is Cc1ccc(N2C(=O)C3C(c4ccccc4Br)NC(C(=O)O)(C(C)C)C3C2=O)cc1Cl. The van der Waals surface area contributed by atoms with Gasteiger partial charge in [-0.15, -0.1) is 0 Å². The third-order valence-corrected chi connectivity index (χ3v) is 7.64. The summed E-state index contributed by atoms with van der Waals surface area (Å²) in [4.78, 5) is 41.0. The molecule has 2 heterocycles. The van der Waals surface area contributed by atoms with Gasteiger partial charge in [-0.05, 0) is 42.2 Å². The van der Waals surface area contributed by atoms with E-state index >= 15 is 0 Å². The van der Waals surface area contributed by atoms with E-state index in [2.05, 4.69) is 21.2 Å². The Bertz CT molecular complexity index is 1100. The Labute approximate surface area is 193 Å². The summed E-state index contributed by atoms with van der Waals surface area (Å²) in [6.45, 7) is 5.34. The Hall–Kier alpha value is -2.22. The Morgan fingerprint density at radius 2 is 1.87 bits per heavy atom. The van der Waals surface area contributed by atoms with Gasteiger partial charge in [0.15, 0.2) is 0 Å². The minimum absolute atomic E-state index is 0.355. The predicted octanol–water partition coefficient (Wildman–Crippen LogP) is 4.34. The highest BCUT2D eigenvalue weighted by molar-refractivity contribution is 9.10. The predicted molar refractivity (Wildman–Crippen MR) is 121 cm³/mol. The topological polar surface area (TPSA) is 86.7 Å². The number of carbonyl (C=O) groups is 3. The number of halogens is 2. The number of amides is 2. The van der Waals surface area contributed by atoms with Crippen LogP contribution in [0.1, 0.15) is 31.0 Å². The number of carboxylic acid groups (broad SMARTS) is 1. The molecule has 4 unspecified atom stereocenters. The number of nitrogens with one attached hydrogen (secondary N) is 1. The van der Waals surface area contributed by atoms with E-state index in [4.69, 9.17) is 11.6 Å². The largest absolute Gasteiger partial charge is 0.480 e. The third-order valence-electron chi connectivity index (χ3n) is 6.51. The van der Waals surface area contributed by atoms with Crippen LogP contribution in [-0.4, -0.2) is 28.4 Å². The number of hydrogen-bond donors (Lipinski definition) is 2. The zero-order chi connectivity index (χ0) is 22.7. The van der Waals surface area contributed by atoms with Crippen molar-refractivity contribution in [1.29, 1.82) is 0 Å². The monoisotopic (exact) mass is 504 g/mol. The second-order valence-corrected chi connectivity index (χ2v) is 9.68. The van der Waals surface area contributed by atoms with Crippen LogP contribution in [-0.2, 0) is 14.4 Å². The molecule has 0 saturated carbocycles. The number of carboxylic acids is 1. The number of aryl methyl sites for hydroxylation is 1. The molecule has 4 rings (SSSR count). The lowest BCUT2D eigenvalue weighted by molar-refractivity contribution is -0.151. The highest BCUT2D eigenvalue weighted by atomic mass is 79.9. The molecule has 2 amide bonds. The molecule has 2 aliphatic heterocycles. The average Bonchev–Trinajstić information content (AvgIpc) is 3.20. The number of imide groups is 1. The quantitative estimate of drug-likeness (QED) is 0.604. The van der Waals surface area contributed by atoms with Crippen molar-refractivity contribution in [3.63, 3.8) is 0 Å². The minimum atomic E-state index is -1.58. The van der Waals surface area contributed by atoms with E-state index in [9.17, 15) is 19.5 Å². The van der Waals surface area contributed by atoms with Gasteiger partial charge in [0, 0.05) is 15.5 Å². The number of hydrogen-bond acceptors (Lipinski definition) is 4. The summed E-state index contributed by atoms with van der Waals surface area (Å²) in [5.74, 6) is -4.43. The summed E-state index contributed by atoms with van der Waals surface area (Å²) in [5, 5.41) is 13.9. The maximum atomic E-state index is 13.6. The van der Waals surface area contributed by atoms with Crippen molar-refractivity contribution in [1.82, 2.24) is 5.32 Å². The molecule has 0 spiro atoms. The molecule has 2 aromatic rings. The molecule has 4 atom stereocenters. The lowest BCUT2D eigenvalue weighted by atomic mass is 9.73. The fourth-order valence-corrected chi connectivity index (χ4v) is 5.59. The van der Waals surface area contributed by atoms with Crippen molar-refractivity contribution in [2.75, 3.05) is 4.90 Å². The van der Waals surface area contributed by atoms with Gasteiger partial charge in [0.25, 0.3) is 0 Å². The standard InChI is InChI=1S/C23H22BrClN2O4/c1-11(2)23(22(30)31)18-17(19(26-23)14-6-4-5-7-15(14)24)20(28)27(21(18)29)13-9-8-12(3)16(25)10-13/h4-11,17-19,26H,1-3H3,(H,30,31). The van der Waals surface area contributed by atoms with E-state index in [1.807, 2.05) is 31.2 Å². The van der Waals surface area contributed by atoms with Crippen molar-refractivity contribution in [3.05, 3.63) is 63.1 Å². The zero-order valence-electron chi connectivity index (χ0n) is 17.2. The van der Waals surface area contributed by atoms with Crippen LogP contribution in [0.25, 0.3) is 0 Å². The molecule has 0 aromatic heterocycles. The zero-order valence-corrected chi connectivity index (χ0v) is 19.6. The smallest absolute Gasteiger partial charge is 0.325 e. The van der Waals surface area contributed by atoms with Crippen molar-refractivity contribution >= 4 is 51.0 Å². The first kappa shape index (κ1) is 22.0. The van der Waals surface area contributed by atoms with Crippen molar-refractivity contribution < 1.29 is 19.5 Å². The van der Waals surface area contributed by atoms with Gasteiger partial charge in [-0.2, -0.15) is 0 Å². The number of carbonyl (C=O) groups excluding carboxylic acids is 2. The van der Waals surface area contributed by atoms with E-state index in [-0.39, 0.29) is 0 Å². The summed E-state index contributed by atoms with van der Waals surface area (Å²) >= 11 is 9.76. The van der Waals surface area contributed by atoms with Gasteiger partial charge in [0.05, 0.1) is 17.5 Å². The van der Waals surface area contributed by atoms with Gasteiger partial charge in [-0.3, -0.25) is 19.7 Å². The molecule has 0 aliphatic carbocycles. The summed E-state index contributed by atoms with van der Waals surface area (Å²) in [6, 6.07) is 11.7. The third kappa shape index (κ3) is 3.13. The minimum Gasteiger partial charge on any atom is -0.480 e. The van der Waals surface area contributed by atoms with E-state index in [1.54, 1.807) is 32.0 Å². The summed E-state index contributed by atoms with van der Waals surface area (Å²) in [5.41, 5.74) is 0.334. The Kier molecular flexibility index (Phi) is 5.48. The molecule has 2 aliphatic rings. The second kappa shape index (κ2) is 7.73. The van der Waals surface area contributed by atoms with Crippen molar-refractivity contribution in [2.45, 2.75) is 32.4 Å². The van der Waals surface area contributed by atoms with Gasteiger partial charge < -0.3 is 5.11 Å². The molecule has 2 aromatic carbocycles. The highest BCUT2D eigenvalue weighted by Gasteiger charge is 2.69. The molecule has 2 fully saturated rings. The number of rotatable bonds is 4. The van der Waals surface area contributed by atoms with Crippen LogP contribution in [0.5, 0.6) is 0 Å². The van der Waals surface area contributed by atoms with Crippen LogP contribution in [0.3, 0.4) is 0 Å². The number of aliphatic carboxylic acids is 1. The van der Waals surface area contributed by atoms with E-state index in [1.165, 1.54) is 0 Å². The van der Waals surface area contributed by atoms with Crippen LogP contribution in [0, 0.1) is 24.7 Å². The molecule has 2 saturated heterocycles. The van der Waals surface area contributed by atoms with Crippen molar-refractivity contribution in [2.24, 2.45) is 17.8 Å². The van der Waals surface area contributed by atoms with Gasteiger partial charge in [0.1, 0.15) is 5.54 Å². The molecule has 2 N–H and O–H groups in total. The van der Waals surface area contributed by atoms with E-state index in [0.29, 0.717) is 10.7 Å². The van der Waals surface area contributed by atoms with Crippen molar-refractivity contribution in [3.8, 4) is 0 Å². The van der Waals surface area contributed by atoms with Gasteiger partial charge in [0.2, 0.25) is 11.8 Å². The van der Waals surface area contributed by atoms with Gasteiger partial charge in [-0.25, -0.2) is 4.90 Å². The fourth-order valence-electron chi connectivity index (χ4n) is 4.88. The average molecular weight is 506 g/mol. The van der Waals surface area contributed by atoms with E-state index in [0.717, 1.165) is 20.5 Å². The molecular weight excluding hydrogens is 484 g/mol. The lowest BCUT2D eigenvalue weighted by Gasteiger charge is -2.34. The number of nitrogens with zero attached hydrogens (tertiary/aromatic N) is 1. The number of anilines is 1. The van der Waals surface area contributed by atoms with Crippen LogP contribution >= 0.6 is 27.5 Å². The van der Waals surface area contributed by atoms with E-state index < -0.39 is 47.1 Å². The molecule has 162 valence electrons. The molecule has 0 bridgehead atoms. The maximum absolute atomic E-state index is 13.6. The molecule has 31 heavy (non-hydrogen) atoms. The molecule has 0 radical (unpaired) electrons. The lowest BCUT2D eigenvalue weighted by Crippen LogP contribution is -2.59. The molecular formula is C23H22BrClN2O4. The Balaban J connectivity index is 1.90. The van der Waals surface area contributed by atoms with Crippen LogP contribution in [0.4, 0.5) is 5.69 Å². The Morgan fingerprint density at radius 3 is 2.45 bits per heavy atom. The number of fused-ring (bicyclic) bond motifs is 1. The summed E-state index contributed by atoms with van der Waals surface area (Å²) in [7, 11) is 0. The van der Waals surface area contributed by atoms with Crippen LogP contribution in [0.2, 0.25) is 5.02 Å². The second-order valence-electron chi connectivity index (χ2n) is 8.42. The first-order valence-corrected chi connectivity index (χ1v) is 11.2.